The standard InChI is InChI=1S/C10H15N5O2/c11-15-9-6-12-5-8(14-9)10(16)13-4-7-2-1-3-17-7/h5-7H,1-4,11H2,(H,13,16)(H,14,15). The summed E-state index contributed by atoms with van der Waals surface area (Å²) in [4.78, 5) is 19.6. The van der Waals surface area contributed by atoms with Gasteiger partial charge in [0.05, 0.1) is 18.5 Å². The van der Waals surface area contributed by atoms with Crippen molar-refractivity contribution >= 4 is 11.7 Å². The van der Waals surface area contributed by atoms with Crippen LogP contribution in [0.5, 0.6) is 0 Å². The van der Waals surface area contributed by atoms with Crippen molar-refractivity contribution in [3.8, 4) is 0 Å². The van der Waals surface area contributed by atoms with E-state index < -0.39 is 0 Å². The van der Waals surface area contributed by atoms with Crippen LogP contribution in [-0.2, 0) is 4.74 Å². The van der Waals surface area contributed by atoms with Gasteiger partial charge in [0.2, 0.25) is 0 Å². The summed E-state index contributed by atoms with van der Waals surface area (Å²) in [6.45, 7) is 1.27. The Labute approximate surface area is 98.7 Å². The molecule has 0 saturated carbocycles. The number of amides is 1. The Hall–Kier alpha value is -1.73. The van der Waals surface area contributed by atoms with Crippen LogP contribution in [0.25, 0.3) is 0 Å². The highest BCUT2D eigenvalue weighted by Gasteiger charge is 2.17. The van der Waals surface area contributed by atoms with Crippen LogP contribution in [0.15, 0.2) is 12.4 Å². The van der Waals surface area contributed by atoms with Gasteiger partial charge in [0, 0.05) is 13.2 Å². The third-order valence-corrected chi connectivity index (χ3v) is 2.53. The smallest absolute Gasteiger partial charge is 0.271 e. The lowest BCUT2D eigenvalue weighted by atomic mass is 10.2. The summed E-state index contributed by atoms with van der Waals surface area (Å²) in [6.07, 6.45) is 4.98. The molecule has 0 aliphatic carbocycles. The second kappa shape index (κ2) is 5.55. The van der Waals surface area contributed by atoms with Crippen molar-refractivity contribution in [1.29, 1.82) is 0 Å². The van der Waals surface area contributed by atoms with Crippen LogP contribution in [0.4, 0.5) is 5.82 Å². The summed E-state index contributed by atoms with van der Waals surface area (Å²) in [5.41, 5.74) is 2.58. The molecule has 1 saturated heterocycles. The average Bonchev–Trinajstić information content (AvgIpc) is 2.89. The van der Waals surface area contributed by atoms with Crippen LogP contribution < -0.4 is 16.6 Å². The van der Waals surface area contributed by atoms with E-state index >= 15 is 0 Å². The lowest BCUT2D eigenvalue weighted by Crippen LogP contribution is -2.32. The van der Waals surface area contributed by atoms with Crippen molar-refractivity contribution in [2.45, 2.75) is 18.9 Å². The zero-order valence-corrected chi connectivity index (χ0v) is 9.35. The van der Waals surface area contributed by atoms with Crippen molar-refractivity contribution in [3.05, 3.63) is 18.1 Å². The Kier molecular flexibility index (Phi) is 3.84. The van der Waals surface area contributed by atoms with Gasteiger partial charge in [-0.25, -0.2) is 10.8 Å². The number of nitrogens with zero attached hydrogens (tertiary/aromatic N) is 2. The van der Waals surface area contributed by atoms with Gasteiger partial charge in [-0.3, -0.25) is 9.78 Å². The second-order valence-corrected chi connectivity index (χ2v) is 3.78. The Bertz CT molecular complexity index is 392. The molecule has 17 heavy (non-hydrogen) atoms. The lowest BCUT2D eigenvalue weighted by molar-refractivity contribution is 0.0853. The molecule has 1 amide bonds. The zero-order chi connectivity index (χ0) is 12.1. The molecule has 0 bridgehead atoms. The number of carbonyl (C=O) groups is 1. The predicted molar refractivity (Wildman–Crippen MR) is 61.1 cm³/mol. The molecule has 1 aromatic rings. The van der Waals surface area contributed by atoms with Crippen LogP contribution in [0.3, 0.4) is 0 Å². The number of carbonyl (C=O) groups excluding carboxylic acids is 1. The Balaban J connectivity index is 1.89. The molecule has 1 aliphatic rings. The number of hydrazine groups is 1. The third kappa shape index (κ3) is 3.11. The maximum Gasteiger partial charge on any atom is 0.271 e. The highest BCUT2D eigenvalue weighted by atomic mass is 16.5. The van der Waals surface area contributed by atoms with Crippen molar-refractivity contribution < 1.29 is 9.53 Å². The minimum Gasteiger partial charge on any atom is -0.376 e. The fourth-order valence-electron chi connectivity index (χ4n) is 1.65. The fourth-order valence-corrected chi connectivity index (χ4v) is 1.65. The van der Waals surface area contributed by atoms with Crippen molar-refractivity contribution in [3.63, 3.8) is 0 Å². The normalized spacial score (nSPS) is 19.0. The van der Waals surface area contributed by atoms with Crippen molar-refractivity contribution in [2.24, 2.45) is 5.84 Å². The van der Waals surface area contributed by atoms with E-state index in [4.69, 9.17) is 10.6 Å². The highest BCUT2D eigenvalue weighted by Crippen LogP contribution is 2.10. The van der Waals surface area contributed by atoms with Crippen LogP contribution >= 0.6 is 0 Å². The van der Waals surface area contributed by atoms with Gasteiger partial charge in [-0.1, -0.05) is 0 Å². The van der Waals surface area contributed by atoms with Crippen molar-refractivity contribution in [1.82, 2.24) is 15.3 Å². The Morgan fingerprint density at radius 1 is 1.59 bits per heavy atom. The topological polar surface area (TPSA) is 102 Å². The molecule has 0 spiro atoms. The number of rotatable bonds is 4. The SMILES string of the molecule is NNc1cncc(C(=O)NCC2CCCO2)n1. The third-order valence-electron chi connectivity index (χ3n) is 2.53. The van der Waals surface area contributed by atoms with E-state index in [0.717, 1.165) is 19.4 Å². The Morgan fingerprint density at radius 3 is 3.18 bits per heavy atom. The van der Waals surface area contributed by atoms with E-state index in [-0.39, 0.29) is 17.7 Å². The summed E-state index contributed by atoms with van der Waals surface area (Å²) in [7, 11) is 0. The molecule has 2 rings (SSSR count). The van der Waals surface area contributed by atoms with Crippen LogP contribution in [0, 0.1) is 0 Å². The molecule has 4 N–H and O–H groups in total. The largest absolute Gasteiger partial charge is 0.376 e. The maximum atomic E-state index is 11.7. The molecule has 1 aromatic heterocycles. The van der Waals surface area contributed by atoms with Gasteiger partial charge < -0.3 is 15.5 Å². The summed E-state index contributed by atoms with van der Waals surface area (Å²) in [5, 5.41) is 2.76. The van der Waals surface area contributed by atoms with Gasteiger partial charge in [0.1, 0.15) is 5.69 Å². The van der Waals surface area contributed by atoms with E-state index in [0.29, 0.717) is 12.4 Å². The summed E-state index contributed by atoms with van der Waals surface area (Å²) in [5.74, 6) is 5.27. The van der Waals surface area contributed by atoms with Gasteiger partial charge in [0.15, 0.2) is 5.82 Å². The molecular formula is C10H15N5O2. The quantitative estimate of drug-likeness (QED) is 0.489. The number of anilines is 1. The Morgan fingerprint density at radius 2 is 2.47 bits per heavy atom. The first-order chi connectivity index (χ1) is 8.29. The molecule has 7 nitrogen and oxygen atoms in total. The number of nitrogen functional groups attached to an aromatic ring is 1. The first-order valence-electron chi connectivity index (χ1n) is 5.48. The molecule has 0 radical (unpaired) electrons. The van der Waals surface area contributed by atoms with Gasteiger partial charge in [-0.15, -0.1) is 0 Å². The van der Waals surface area contributed by atoms with Gasteiger partial charge >= 0.3 is 0 Å². The van der Waals surface area contributed by atoms with Gasteiger partial charge in [-0.05, 0) is 12.8 Å². The minimum atomic E-state index is -0.273. The first-order valence-corrected chi connectivity index (χ1v) is 5.48. The van der Waals surface area contributed by atoms with Gasteiger partial charge in [-0.2, -0.15) is 0 Å². The van der Waals surface area contributed by atoms with Crippen LogP contribution in [-0.4, -0.2) is 35.1 Å². The molecule has 0 aromatic carbocycles. The summed E-state index contributed by atoms with van der Waals surface area (Å²) >= 11 is 0. The zero-order valence-electron chi connectivity index (χ0n) is 9.35. The molecule has 2 heterocycles. The molecule has 1 fully saturated rings. The molecule has 92 valence electrons. The second-order valence-electron chi connectivity index (χ2n) is 3.78. The van der Waals surface area contributed by atoms with Gasteiger partial charge in [0.25, 0.3) is 5.91 Å². The van der Waals surface area contributed by atoms with E-state index in [2.05, 4.69) is 20.7 Å². The van der Waals surface area contributed by atoms with E-state index in [1.807, 2.05) is 0 Å². The number of hydrogen-bond donors (Lipinski definition) is 3. The first kappa shape index (κ1) is 11.7. The van der Waals surface area contributed by atoms with E-state index in [1.54, 1.807) is 0 Å². The highest BCUT2D eigenvalue weighted by molar-refractivity contribution is 5.92. The van der Waals surface area contributed by atoms with Crippen LogP contribution in [0.2, 0.25) is 0 Å². The number of aromatic nitrogens is 2. The average molecular weight is 237 g/mol. The number of ether oxygens (including phenoxy) is 1. The predicted octanol–water partition coefficient (Wildman–Crippen LogP) is -0.329. The number of hydrogen-bond acceptors (Lipinski definition) is 6. The van der Waals surface area contributed by atoms with Crippen molar-refractivity contribution in [2.75, 3.05) is 18.6 Å². The maximum absolute atomic E-state index is 11.7. The molecule has 1 atom stereocenters. The fraction of sp³-hybridized carbons (Fsp3) is 0.500. The van der Waals surface area contributed by atoms with E-state index in [1.165, 1.54) is 12.4 Å². The monoisotopic (exact) mass is 237 g/mol. The number of nitrogens with two attached hydrogens (primary N) is 1. The summed E-state index contributed by atoms with van der Waals surface area (Å²) < 4.78 is 5.40. The van der Waals surface area contributed by atoms with Crippen LogP contribution in [0.1, 0.15) is 23.3 Å². The molecule has 1 aliphatic heterocycles. The van der Waals surface area contributed by atoms with E-state index in [9.17, 15) is 4.79 Å². The minimum absolute atomic E-state index is 0.114. The molecule has 7 heteroatoms. The lowest BCUT2D eigenvalue weighted by Gasteiger charge is -2.10. The number of nitrogens with one attached hydrogen (secondary N) is 2. The molecular weight excluding hydrogens is 222 g/mol. The molecule has 1 unspecified atom stereocenters. The summed E-state index contributed by atoms with van der Waals surface area (Å²) in [6, 6.07) is 0.